The molecule has 1 rings (SSSR count). The number of aromatic carboxylic acids is 1. The third kappa shape index (κ3) is 5.03. The highest BCUT2D eigenvalue weighted by Crippen LogP contribution is 2.16. The van der Waals surface area contributed by atoms with E-state index in [4.69, 9.17) is 5.11 Å². The zero-order valence-electron chi connectivity index (χ0n) is 12.3. The zero-order valence-corrected chi connectivity index (χ0v) is 12.3. The second kappa shape index (κ2) is 8.35. The molecule has 0 fully saturated rings. The summed E-state index contributed by atoms with van der Waals surface area (Å²) >= 11 is 0. The van der Waals surface area contributed by atoms with Crippen LogP contribution in [-0.2, 0) is 4.79 Å². The molecule has 0 unspecified atom stereocenters. The molecule has 0 heterocycles. The Morgan fingerprint density at radius 3 is 2.20 bits per heavy atom. The summed E-state index contributed by atoms with van der Waals surface area (Å²) in [6.07, 6.45) is 6.15. The van der Waals surface area contributed by atoms with Crippen LogP contribution in [-0.4, -0.2) is 24.0 Å². The Morgan fingerprint density at radius 2 is 1.65 bits per heavy atom. The van der Waals surface area contributed by atoms with Crippen LogP contribution >= 0.6 is 0 Å². The average molecular weight is 277 g/mol. The quantitative estimate of drug-likeness (QED) is 0.737. The Kier molecular flexibility index (Phi) is 6.77. The molecule has 0 bridgehead atoms. The molecule has 0 spiro atoms. The van der Waals surface area contributed by atoms with Crippen molar-refractivity contribution in [3.63, 3.8) is 0 Å². The highest BCUT2D eigenvalue weighted by Gasteiger charge is 2.11. The first-order valence-corrected chi connectivity index (χ1v) is 7.16. The lowest BCUT2D eigenvalue weighted by Gasteiger charge is -2.17. The molecule has 4 heteroatoms. The highest BCUT2D eigenvalue weighted by atomic mass is 16.4. The molecule has 0 aliphatic heterocycles. The third-order valence-electron chi connectivity index (χ3n) is 3.37. The lowest BCUT2D eigenvalue weighted by atomic mass is 10.1. The lowest BCUT2D eigenvalue weighted by molar-refractivity contribution is -0.118. The second-order valence-corrected chi connectivity index (χ2v) is 4.97. The van der Waals surface area contributed by atoms with Crippen LogP contribution in [0.15, 0.2) is 24.3 Å². The lowest BCUT2D eigenvalue weighted by Crippen LogP contribution is -2.25. The monoisotopic (exact) mass is 277 g/mol. The summed E-state index contributed by atoms with van der Waals surface area (Å²) in [5.41, 5.74) is 0.961. The molecule has 0 radical (unpaired) electrons. The van der Waals surface area contributed by atoms with E-state index in [9.17, 15) is 9.59 Å². The summed E-state index contributed by atoms with van der Waals surface area (Å²) in [6.45, 7) is 2.17. The Balaban J connectivity index is 2.45. The maximum atomic E-state index is 12.0. The SMILES string of the molecule is CCCCCCCC(=O)N(C)c1ccc(C(=O)O)cc1. The largest absolute Gasteiger partial charge is 0.478 e. The first-order valence-electron chi connectivity index (χ1n) is 7.16. The fourth-order valence-electron chi connectivity index (χ4n) is 2.02. The topological polar surface area (TPSA) is 57.6 Å². The smallest absolute Gasteiger partial charge is 0.335 e. The van der Waals surface area contributed by atoms with Crippen molar-refractivity contribution < 1.29 is 14.7 Å². The summed E-state index contributed by atoms with van der Waals surface area (Å²) < 4.78 is 0. The number of benzene rings is 1. The van der Waals surface area contributed by atoms with Crippen molar-refractivity contribution in [2.24, 2.45) is 0 Å². The minimum atomic E-state index is -0.957. The molecule has 20 heavy (non-hydrogen) atoms. The van der Waals surface area contributed by atoms with Crippen LogP contribution in [0, 0.1) is 0 Å². The van der Waals surface area contributed by atoms with E-state index >= 15 is 0 Å². The van der Waals surface area contributed by atoms with Gasteiger partial charge in [-0.1, -0.05) is 32.6 Å². The Bertz CT molecular complexity index is 440. The van der Waals surface area contributed by atoms with Gasteiger partial charge < -0.3 is 10.0 Å². The standard InChI is InChI=1S/C16H23NO3/c1-3-4-5-6-7-8-15(18)17(2)14-11-9-13(10-12-14)16(19)20/h9-12H,3-8H2,1-2H3,(H,19,20). The molecular weight excluding hydrogens is 254 g/mol. The summed E-state index contributed by atoms with van der Waals surface area (Å²) in [4.78, 5) is 24.4. The van der Waals surface area contributed by atoms with Gasteiger partial charge in [-0.25, -0.2) is 4.79 Å². The second-order valence-electron chi connectivity index (χ2n) is 4.97. The number of carbonyl (C=O) groups is 2. The molecule has 1 N–H and O–H groups in total. The van der Waals surface area contributed by atoms with Crippen molar-refractivity contribution in [1.29, 1.82) is 0 Å². The van der Waals surface area contributed by atoms with E-state index in [0.717, 1.165) is 18.5 Å². The number of hydrogen-bond donors (Lipinski definition) is 1. The van der Waals surface area contributed by atoms with Gasteiger partial charge in [0.2, 0.25) is 5.91 Å². The van der Waals surface area contributed by atoms with Crippen molar-refractivity contribution in [2.75, 3.05) is 11.9 Å². The summed E-state index contributed by atoms with van der Waals surface area (Å²) in [6, 6.07) is 6.36. The number of nitrogens with zero attached hydrogens (tertiary/aromatic N) is 1. The Labute approximate surface area is 120 Å². The summed E-state index contributed by atoms with van der Waals surface area (Å²) in [5.74, 6) is -0.883. The minimum absolute atomic E-state index is 0.0737. The maximum Gasteiger partial charge on any atom is 0.335 e. The van der Waals surface area contributed by atoms with E-state index in [-0.39, 0.29) is 11.5 Å². The van der Waals surface area contributed by atoms with Gasteiger partial charge in [0.1, 0.15) is 0 Å². The van der Waals surface area contributed by atoms with Gasteiger partial charge in [0.25, 0.3) is 0 Å². The average Bonchev–Trinajstić information content (AvgIpc) is 2.46. The fourth-order valence-corrected chi connectivity index (χ4v) is 2.02. The van der Waals surface area contributed by atoms with Gasteiger partial charge in [0, 0.05) is 19.2 Å². The minimum Gasteiger partial charge on any atom is -0.478 e. The van der Waals surface area contributed by atoms with E-state index in [0.29, 0.717) is 6.42 Å². The predicted octanol–water partition coefficient (Wildman–Crippen LogP) is 3.71. The number of anilines is 1. The van der Waals surface area contributed by atoms with E-state index in [1.807, 2.05) is 0 Å². The van der Waals surface area contributed by atoms with Gasteiger partial charge in [-0.05, 0) is 30.7 Å². The van der Waals surface area contributed by atoms with Gasteiger partial charge in [-0.15, -0.1) is 0 Å². The molecule has 4 nitrogen and oxygen atoms in total. The molecule has 110 valence electrons. The first-order chi connectivity index (χ1) is 9.56. The van der Waals surface area contributed by atoms with Crippen LogP contribution in [0.2, 0.25) is 0 Å². The molecule has 1 amide bonds. The fraction of sp³-hybridized carbons (Fsp3) is 0.500. The first kappa shape index (κ1) is 16.2. The highest BCUT2D eigenvalue weighted by molar-refractivity contribution is 5.94. The van der Waals surface area contributed by atoms with Gasteiger partial charge >= 0.3 is 5.97 Å². The van der Waals surface area contributed by atoms with Crippen LogP contribution < -0.4 is 4.90 Å². The van der Waals surface area contributed by atoms with Gasteiger partial charge in [0.15, 0.2) is 0 Å². The van der Waals surface area contributed by atoms with Gasteiger partial charge in [0.05, 0.1) is 5.56 Å². The zero-order chi connectivity index (χ0) is 15.0. The summed E-state index contributed by atoms with van der Waals surface area (Å²) in [7, 11) is 1.73. The molecule has 0 saturated carbocycles. The van der Waals surface area contributed by atoms with Gasteiger partial charge in [-0.3, -0.25) is 4.79 Å². The Hall–Kier alpha value is -1.84. The molecule has 0 aromatic heterocycles. The van der Waals surface area contributed by atoms with Crippen molar-refractivity contribution >= 4 is 17.6 Å². The number of unbranched alkanes of at least 4 members (excludes halogenated alkanes) is 4. The summed E-state index contributed by atoms with van der Waals surface area (Å²) in [5, 5.41) is 8.83. The van der Waals surface area contributed by atoms with E-state index < -0.39 is 5.97 Å². The maximum absolute atomic E-state index is 12.0. The number of hydrogen-bond acceptors (Lipinski definition) is 2. The Morgan fingerprint density at radius 1 is 1.05 bits per heavy atom. The normalized spacial score (nSPS) is 10.3. The third-order valence-corrected chi connectivity index (χ3v) is 3.37. The number of carbonyl (C=O) groups excluding carboxylic acids is 1. The molecule has 1 aromatic carbocycles. The van der Waals surface area contributed by atoms with Crippen molar-refractivity contribution in [2.45, 2.75) is 45.4 Å². The molecule has 1 aromatic rings. The van der Waals surface area contributed by atoms with Crippen LogP contribution in [0.4, 0.5) is 5.69 Å². The number of rotatable bonds is 8. The molecule has 0 saturated heterocycles. The van der Waals surface area contributed by atoms with Crippen molar-refractivity contribution in [3.05, 3.63) is 29.8 Å². The molecular formula is C16H23NO3. The van der Waals surface area contributed by atoms with Crippen LogP contribution in [0.25, 0.3) is 0 Å². The predicted molar refractivity (Wildman–Crippen MR) is 80.2 cm³/mol. The molecule has 0 atom stereocenters. The number of amides is 1. The molecule has 0 aliphatic rings. The van der Waals surface area contributed by atoms with Crippen molar-refractivity contribution in [3.8, 4) is 0 Å². The van der Waals surface area contributed by atoms with Crippen LogP contribution in [0.5, 0.6) is 0 Å². The van der Waals surface area contributed by atoms with Crippen molar-refractivity contribution in [1.82, 2.24) is 0 Å². The number of carboxylic acid groups (broad SMARTS) is 1. The van der Waals surface area contributed by atoms with E-state index in [2.05, 4.69) is 6.92 Å². The molecule has 0 aliphatic carbocycles. The van der Waals surface area contributed by atoms with E-state index in [1.54, 1.807) is 24.1 Å². The van der Waals surface area contributed by atoms with Crippen LogP contribution in [0.1, 0.15) is 55.8 Å². The van der Waals surface area contributed by atoms with Gasteiger partial charge in [-0.2, -0.15) is 0 Å². The number of carboxylic acids is 1. The van der Waals surface area contributed by atoms with Crippen LogP contribution in [0.3, 0.4) is 0 Å². The van der Waals surface area contributed by atoms with E-state index in [1.165, 1.54) is 31.4 Å².